The van der Waals surface area contributed by atoms with E-state index in [-0.39, 0.29) is 0 Å². The van der Waals surface area contributed by atoms with E-state index in [1.54, 1.807) is 19.2 Å². The van der Waals surface area contributed by atoms with Gasteiger partial charge in [-0.1, -0.05) is 36.4 Å². The van der Waals surface area contributed by atoms with Crippen molar-refractivity contribution in [1.82, 2.24) is 0 Å². The number of nitriles is 1. The smallest absolute Gasteiger partial charge is 0.497 e. The molecule has 0 saturated carbocycles. The van der Waals surface area contributed by atoms with Gasteiger partial charge in [0.1, 0.15) is 11.5 Å². The number of methoxy groups -OCH3 is 2. The fourth-order valence-corrected chi connectivity index (χ4v) is 3.30. The van der Waals surface area contributed by atoms with Crippen LogP contribution in [0.5, 0.6) is 11.5 Å². The molecule has 0 spiro atoms. The van der Waals surface area contributed by atoms with Crippen LogP contribution in [0.25, 0.3) is 0 Å². The predicted molar refractivity (Wildman–Crippen MR) is 109 cm³/mol. The van der Waals surface area contributed by atoms with E-state index < -0.39 is 11.6 Å². The summed E-state index contributed by atoms with van der Waals surface area (Å²) in [5.74, 6) is 1.18. The minimum atomic E-state index is -0.761. The van der Waals surface area contributed by atoms with Gasteiger partial charge in [-0.3, -0.25) is 0 Å². The molecule has 0 saturated heterocycles. The number of hydrogen-bond donors (Lipinski definition) is 0. The first kappa shape index (κ1) is 20.0. The van der Waals surface area contributed by atoms with Crippen LogP contribution in [0.2, 0.25) is 0 Å². The first-order valence-electron chi connectivity index (χ1n) is 9.02. The zero-order valence-corrected chi connectivity index (χ0v) is 16.5. The monoisotopic (exact) mass is 387 g/mol. The van der Waals surface area contributed by atoms with Crippen LogP contribution in [0, 0.1) is 11.3 Å². The Bertz CT molecular complexity index is 1020. The summed E-state index contributed by atoms with van der Waals surface area (Å²) in [6.07, 6.45) is -0.761. The second-order valence-corrected chi connectivity index (χ2v) is 6.62. The molecule has 0 amide bonds. The zero-order valence-electron chi connectivity index (χ0n) is 16.5. The number of carbonyl (C=O) groups excluding carboxylic acids is 1. The number of nitrogens with zero attached hydrogens (tertiary/aromatic N) is 1. The summed E-state index contributed by atoms with van der Waals surface area (Å²) < 4.78 is 14.9. The van der Waals surface area contributed by atoms with Gasteiger partial charge in [-0.25, -0.2) is 4.79 Å². The molecule has 0 aromatic heterocycles. The minimum absolute atomic E-state index is 0.400. The topological polar surface area (TPSA) is 68.5 Å². The fourth-order valence-electron chi connectivity index (χ4n) is 3.30. The number of hydrogen-bond acceptors (Lipinski definition) is 5. The third-order valence-corrected chi connectivity index (χ3v) is 5.06. The van der Waals surface area contributed by atoms with Gasteiger partial charge in [0.05, 0.1) is 25.9 Å². The zero-order chi connectivity index (χ0) is 20.9. The minimum Gasteiger partial charge on any atom is -0.497 e. The first-order chi connectivity index (χ1) is 14.0. The number of ether oxygens (including phenoxy) is 3. The standard InChI is InChI=1S/C24H21NO4/c1-24(18-6-4-17(16-25)5-7-18,19-8-12-21(27-2)13-9-19)20-10-14-22(15-11-20)29-23(26)28-3/h4-15H,1-3H3. The molecular formula is C24H21NO4. The highest BCUT2D eigenvalue weighted by molar-refractivity contribution is 5.63. The van der Waals surface area contributed by atoms with Crippen molar-refractivity contribution in [3.05, 3.63) is 95.1 Å². The Kier molecular flexibility index (Phi) is 5.85. The van der Waals surface area contributed by atoms with Gasteiger partial charge in [0, 0.05) is 5.41 Å². The van der Waals surface area contributed by atoms with Crippen molar-refractivity contribution in [3.63, 3.8) is 0 Å². The lowest BCUT2D eigenvalue weighted by Crippen LogP contribution is -2.25. The second-order valence-electron chi connectivity index (χ2n) is 6.62. The molecule has 0 N–H and O–H groups in total. The summed E-state index contributed by atoms with van der Waals surface area (Å²) in [6.45, 7) is 2.12. The molecule has 5 heteroatoms. The molecule has 3 aromatic carbocycles. The molecule has 0 aliphatic rings. The Morgan fingerprint density at radius 1 is 0.793 bits per heavy atom. The van der Waals surface area contributed by atoms with E-state index in [1.165, 1.54) is 7.11 Å². The van der Waals surface area contributed by atoms with Gasteiger partial charge in [-0.15, -0.1) is 0 Å². The molecule has 1 atom stereocenters. The van der Waals surface area contributed by atoms with Crippen LogP contribution < -0.4 is 9.47 Å². The molecule has 146 valence electrons. The normalized spacial score (nSPS) is 12.3. The largest absolute Gasteiger partial charge is 0.513 e. The van der Waals surface area contributed by atoms with Crippen LogP contribution in [-0.4, -0.2) is 20.4 Å². The number of carbonyl (C=O) groups is 1. The first-order valence-corrected chi connectivity index (χ1v) is 9.02. The maximum atomic E-state index is 11.3. The molecule has 0 aliphatic heterocycles. The highest BCUT2D eigenvalue weighted by Crippen LogP contribution is 2.40. The average molecular weight is 387 g/mol. The summed E-state index contributed by atoms with van der Waals surface area (Å²) in [5.41, 5.74) is 3.20. The Hall–Kier alpha value is -3.78. The van der Waals surface area contributed by atoms with E-state index in [4.69, 9.17) is 14.7 Å². The van der Waals surface area contributed by atoms with E-state index in [9.17, 15) is 4.79 Å². The van der Waals surface area contributed by atoms with Crippen molar-refractivity contribution in [3.8, 4) is 17.6 Å². The van der Waals surface area contributed by atoms with Gasteiger partial charge in [-0.2, -0.15) is 5.26 Å². The Balaban J connectivity index is 2.08. The van der Waals surface area contributed by atoms with E-state index in [1.807, 2.05) is 60.7 Å². The summed E-state index contributed by atoms with van der Waals surface area (Å²) in [4.78, 5) is 11.3. The van der Waals surface area contributed by atoms with Gasteiger partial charge >= 0.3 is 6.16 Å². The summed E-state index contributed by atoms with van der Waals surface area (Å²) in [6, 6.07) is 24.9. The molecule has 3 rings (SSSR count). The number of benzene rings is 3. The Morgan fingerprint density at radius 2 is 1.24 bits per heavy atom. The second kappa shape index (κ2) is 8.49. The summed E-state index contributed by atoms with van der Waals surface area (Å²) in [5, 5.41) is 9.13. The van der Waals surface area contributed by atoms with Crippen molar-refractivity contribution < 1.29 is 19.0 Å². The molecule has 0 fully saturated rings. The van der Waals surface area contributed by atoms with Crippen molar-refractivity contribution in [1.29, 1.82) is 5.26 Å². The van der Waals surface area contributed by atoms with Crippen molar-refractivity contribution in [2.24, 2.45) is 0 Å². The average Bonchev–Trinajstić information content (AvgIpc) is 2.79. The maximum Gasteiger partial charge on any atom is 0.513 e. The van der Waals surface area contributed by atoms with Crippen molar-refractivity contribution in [2.75, 3.05) is 14.2 Å². The molecule has 0 heterocycles. The van der Waals surface area contributed by atoms with Crippen LogP contribution in [0.3, 0.4) is 0 Å². The van der Waals surface area contributed by atoms with Crippen molar-refractivity contribution >= 4 is 6.16 Å². The third-order valence-electron chi connectivity index (χ3n) is 5.06. The molecule has 0 bridgehead atoms. The van der Waals surface area contributed by atoms with E-state index in [2.05, 4.69) is 17.7 Å². The van der Waals surface area contributed by atoms with Gasteiger partial charge < -0.3 is 14.2 Å². The van der Waals surface area contributed by atoms with Crippen LogP contribution in [0.1, 0.15) is 29.2 Å². The van der Waals surface area contributed by atoms with Crippen LogP contribution in [0.4, 0.5) is 4.79 Å². The summed E-state index contributed by atoms with van der Waals surface area (Å²) >= 11 is 0. The quantitative estimate of drug-likeness (QED) is 0.347. The van der Waals surface area contributed by atoms with E-state index in [0.29, 0.717) is 11.3 Å². The lowest BCUT2D eigenvalue weighted by Gasteiger charge is -2.32. The SMILES string of the molecule is COC(=O)Oc1ccc(C(C)(c2ccc(C#N)cc2)c2ccc(OC)cc2)cc1. The third kappa shape index (κ3) is 4.07. The fraction of sp³-hybridized carbons (Fsp3) is 0.167. The lowest BCUT2D eigenvalue weighted by molar-refractivity contribution is 0.121. The van der Waals surface area contributed by atoms with Crippen LogP contribution in [-0.2, 0) is 10.2 Å². The van der Waals surface area contributed by atoms with Gasteiger partial charge in [0.25, 0.3) is 0 Å². The van der Waals surface area contributed by atoms with E-state index in [0.717, 1.165) is 22.4 Å². The van der Waals surface area contributed by atoms with Crippen LogP contribution in [0.15, 0.2) is 72.8 Å². The predicted octanol–water partition coefficient (Wildman–Crippen LogP) is 5.07. The lowest BCUT2D eigenvalue weighted by atomic mass is 9.71. The molecule has 1 unspecified atom stereocenters. The van der Waals surface area contributed by atoms with Crippen LogP contribution >= 0.6 is 0 Å². The highest BCUT2D eigenvalue weighted by Gasteiger charge is 2.31. The molecule has 0 aliphatic carbocycles. The molecule has 0 radical (unpaired) electrons. The molecule has 29 heavy (non-hydrogen) atoms. The molecular weight excluding hydrogens is 366 g/mol. The van der Waals surface area contributed by atoms with Gasteiger partial charge in [0.15, 0.2) is 0 Å². The van der Waals surface area contributed by atoms with Gasteiger partial charge in [-0.05, 0) is 60.0 Å². The molecule has 3 aromatic rings. The van der Waals surface area contributed by atoms with Gasteiger partial charge in [0.2, 0.25) is 0 Å². The Labute approximate surface area is 170 Å². The maximum absolute atomic E-state index is 11.3. The van der Waals surface area contributed by atoms with Crippen molar-refractivity contribution in [2.45, 2.75) is 12.3 Å². The number of rotatable bonds is 5. The summed E-state index contributed by atoms with van der Waals surface area (Å²) in [7, 11) is 2.90. The van der Waals surface area contributed by atoms with E-state index >= 15 is 0 Å². The highest BCUT2D eigenvalue weighted by atomic mass is 16.7. The Morgan fingerprint density at radius 3 is 1.66 bits per heavy atom. The molecule has 5 nitrogen and oxygen atoms in total.